The van der Waals surface area contributed by atoms with Gasteiger partial charge in [-0.1, -0.05) is 6.92 Å². The van der Waals surface area contributed by atoms with Crippen LogP contribution >= 0.6 is 0 Å². The molecule has 0 spiro atoms. The van der Waals surface area contributed by atoms with Crippen LogP contribution in [0.15, 0.2) is 18.3 Å². The van der Waals surface area contributed by atoms with Gasteiger partial charge in [-0.25, -0.2) is 14.2 Å². The van der Waals surface area contributed by atoms with Gasteiger partial charge in [0.15, 0.2) is 5.69 Å². The maximum atomic E-state index is 13.5. The molecule has 0 bridgehead atoms. The third kappa shape index (κ3) is 1.54. The van der Waals surface area contributed by atoms with E-state index >= 15 is 0 Å². The number of carboxylic acids is 1. The molecule has 0 aliphatic heterocycles. The van der Waals surface area contributed by atoms with Gasteiger partial charge in [-0.2, -0.15) is 0 Å². The molecule has 0 aliphatic carbocycles. The van der Waals surface area contributed by atoms with Gasteiger partial charge in [0.05, 0.1) is 0 Å². The van der Waals surface area contributed by atoms with Crippen molar-refractivity contribution < 1.29 is 14.3 Å². The summed E-state index contributed by atoms with van der Waals surface area (Å²) in [5.41, 5.74) is -0.181. The van der Waals surface area contributed by atoms with Crippen molar-refractivity contribution in [2.24, 2.45) is 0 Å². The third-order valence-electron chi connectivity index (χ3n) is 2.36. The van der Waals surface area contributed by atoms with Gasteiger partial charge in [-0.15, -0.1) is 0 Å². The van der Waals surface area contributed by atoms with E-state index in [1.54, 1.807) is 6.20 Å². The number of imidazole rings is 1. The van der Waals surface area contributed by atoms with Crippen molar-refractivity contribution in [3.05, 3.63) is 35.7 Å². The molecule has 0 amide bonds. The molecule has 16 heavy (non-hydrogen) atoms. The Kier molecular flexibility index (Phi) is 2.60. The van der Waals surface area contributed by atoms with Crippen LogP contribution < -0.4 is 0 Å². The number of pyridine rings is 1. The fourth-order valence-electron chi connectivity index (χ4n) is 1.71. The van der Waals surface area contributed by atoms with Gasteiger partial charge in [0.25, 0.3) is 0 Å². The predicted octanol–water partition coefficient (Wildman–Crippen LogP) is 2.12. The molecule has 0 aromatic carbocycles. The molecule has 84 valence electrons. The summed E-state index contributed by atoms with van der Waals surface area (Å²) in [4.78, 5) is 14.9. The lowest BCUT2D eigenvalue weighted by molar-refractivity contribution is 0.0693. The molecule has 5 heteroatoms. The monoisotopic (exact) mass is 222 g/mol. The lowest BCUT2D eigenvalue weighted by Crippen LogP contribution is -1.98. The summed E-state index contributed by atoms with van der Waals surface area (Å²) in [5, 5.41) is 8.95. The second-order valence-corrected chi connectivity index (χ2v) is 3.51. The standard InChI is InChI=1S/C11H11FN2O2/c1-2-4-8-13-9(11(15)16)10-7(12)5-3-6-14(8)10/h3,5-6H,2,4H2,1H3,(H,15,16). The molecule has 0 fully saturated rings. The highest BCUT2D eigenvalue weighted by Gasteiger charge is 2.18. The van der Waals surface area contributed by atoms with Crippen molar-refractivity contribution in [2.45, 2.75) is 19.8 Å². The van der Waals surface area contributed by atoms with E-state index < -0.39 is 11.8 Å². The van der Waals surface area contributed by atoms with Crippen LogP contribution in [0.3, 0.4) is 0 Å². The minimum Gasteiger partial charge on any atom is -0.476 e. The lowest BCUT2D eigenvalue weighted by atomic mass is 10.3. The Labute approximate surface area is 91.4 Å². The van der Waals surface area contributed by atoms with Crippen LogP contribution in [0.5, 0.6) is 0 Å². The highest BCUT2D eigenvalue weighted by molar-refractivity contribution is 5.93. The fourth-order valence-corrected chi connectivity index (χ4v) is 1.71. The van der Waals surface area contributed by atoms with E-state index in [4.69, 9.17) is 5.11 Å². The minimum absolute atomic E-state index is 0.0402. The van der Waals surface area contributed by atoms with Gasteiger partial charge in [0.1, 0.15) is 17.2 Å². The Morgan fingerprint density at radius 2 is 2.38 bits per heavy atom. The Hall–Kier alpha value is -1.91. The van der Waals surface area contributed by atoms with Crippen molar-refractivity contribution in [3.8, 4) is 0 Å². The second kappa shape index (κ2) is 3.92. The molecular weight excluding hydrogens is 211 g/mol. The molecule has 0 radical (unpaired) electrons. The number of carbonyl (C=O) groups is 1. The number of aromatic carboxylic acids is 1. The van der Waals surface area contributed by atoms with E-state index in [9.17, 15) is 9.18 Å². The van der Waals surface area contributed by atoms with E-state index in [1.807, 2.05) is 6.92 Å². The van der Waals surface area contributed by atoms with Gasteiger partial charge in [0.2, 0.25) is 0 Å². The number of nitrogens with zero attached hydrogens (tertiary/aromatic N) is 2. The van der Waals surface area contributed by atoms with Crippen molar-refractivity contribution in [3.63, 3.8) is 0 Å². The maximum absolute atomic E-state index is 13.5. The van der Waals surface area contributed by atoms with Gasteiger partial charge in [-0.05, 0) is 18.6 Å². The molecule has 2 aromatic heterocycles. The van der Waals surface area contributed by atoms with Crippen molar-refractivity contribution in [1.82, 2.24) is 9.38 Å². The second-order valence-electron chi connectivity index (χ2n) is 3.51. The maximum Gasteiger partial charge on any atom is 0.356 e. The molecule has 1 N–H and O–H groups in total. The van der Waals surface area contributed by atoms with Crippen molar-refractivity contribution >= 4 is 11.5 Å². The minimum atomic E-state index is -1.20. The Balaban J connectivity index is 2.76. The van der Waals surface area contributed by atoms with Crippen LogP contribution in [0.1, 0.15) is 29.7 Å². The number of carboxylic acid groups (broad SMARTS) is 1. The fraction of sp³-hybridized carbons (Fsp3) is 0.273. The SMILES string of the molecule is CCCc1nc(C(=O)O)c2c(F)cccn12. The summed E-state index contributed by atoms with van der Waals surface area (Å²) in [6.07, 6.45) is 3.08. The number of hydrogen-bond donors (Lipinski definition) is 1. The van der Waals surface area contributed by atoms with Crippen LogP contribution in [0.2, 0.25) is 0 Å². The van der Waals surface area contributed by atoms with Crippen molar-refractivity contribution in [2.75, 3.05) is 0 Å². The van der Waals surface area contributed by atoms with Gasteiger partial charge in [-0.3, -0.25) is 0 Å². The van der Waals surface area contributed by atoms with E-state index in [1.165, 1.54) is 16.5 Å². The number of aryl methyl sites for hydroxylation is 1. The Morgan fingerprint density at radius 3 is 3.00 bits per heavy atom. The summed E-state index contributed by atoms with van der Waals surface area (Å²) >= 11 is 0. The smallest absolute Gasteiger partial charge is 0.356 e. The molecule has 2 aromatic rings. The van der Waals surface area contributed by atoms with Crippen molar-refractivity contribution in [1.29, 1.82) is 0 Å². The molecule has 0 unspecified atom stereocenters. The van der Waals surface area contributed by atoms with E-state index in [0.717, 1.165) is 6.42 Å². The van der Waals surface area contributed by atoms with Crippen LogP contribution in [0.25, 0.3) is 5.52 Å². The zero-order valence-electron chi connectivity index (χ0n) is 8.77. The third-order valence-corrected chi connectivity index (χ3v) is 2.36. The number of rotatable bonds is 3. The highest BCUT2D eigenvalue weighted by Crippen LogP contribution is 2.17. The molecule has 0 atom stereocenters. The average Bonchev–Trinajstić information content (AvgIpc) is 2.60. The van der Waals surface area contributed by atoms with E-state index in [2.05, 4.69) is 4.98 Å². The normalized spacial score (nSPS) is 10.9. The number of fused-ring (bicyclic) bond motifs is 1. The summed E-state index contributed by atoms with van der Waals surface area (Å²) in [5.74, 6) is -1.19. The van der Waals surface area contributed by atoms with Gasteiger partial charge >= 0.3 is 5.97 Å². The Bertz CT molecular complexity index is 548. The number of halogens is 1. The first-order valence-corrected chi connectivity index (χ1v) is 5.04. The summed E-state index contributed by atoms with van der Waals surface area (Å²) in [7, 11) is 0. The zero-order valence-corrected chi connectivity index (χ0v) is 8.77. The summed E-state index contributed by atoms with van der Waals surface area (Å²) < 4.78 is 15.0. The predicted molar refractivity (Wildman–Crippen MR) is 56.1 cm³/mol. The lowest BCUT2D eigenvalue weighted by Gasteiger charge is -1.99. The molecule has 4 nitrogen and oxygen atoms in total. The average molecular weight is 222 g/mol. The highest BCUT2D eigenvalue weighted by atomic mass is 19.1. The van der Waals surface area contributed by atoms with E-state index in [-0.39, 0.29) is 11.2 Å². The topological polar surface area (TPSA) is 54.6 Å². The number of aromatic nitrogens is 2. The number of hydrogen-bond acceptors (Lipinski definition) is 2. The van der Waals surface area contributed by atoms with Crippen LogP contribution in [0, 0.1) is 5.82 Å². The molecule has 0 saturated carbocycles. The van der Waals surface area contributed by atoms with Crippen LogP contribution in [-0.2, 0) is 6.42 Å². The first-order valence-electron chi connectivity index (χ1n) is 5.04. The first-order chi connectivity index (χ1) is 7.65. The molecular formula is C11H11FN2O2. The largest absolute Gasteiger partial charge is 0.476 e. The summed E-state index contributed by atoms with van der Waals surface area (Å²) in [6, 6.07) is 2.77. The molecule has 2 rings (SSSR count). The Morgan fingerprint density at radius 1 is 1.62 bits per heavy atom. The summed E-state index contributed by atoms with van der Waals surface area (Å²) in [6.45, 7) is 1.96. The quantitative estimate of drug-likeness (QED) is 0.865. The first kappa shape index (κ1) is 10.6. The molecule has 2 heterocycles. The van der Waals surface area contributed by atoms with Gasteiger partial charge < -0.3 is 9.51 Å². The van der Waals surface area contributed by atoms with Crippen LogP contribution in [-0.4, -0.2) is 20.5 Å². The van der Waals surface area contributed by atoms with E-state index in [0.29, 0.717) is 12.2 Å². The molecule has 0 aliphatic rings. The van der Waals surface area contributed by atoms with Gasteiger partial charge in [0, 0.05) is 12.6 Å². The zero-order chi connectivity index (χ0) is 11.7. The van der Waals surface area contributed by atoms with Crippen LogP contribution in [0.4, 0.5) is 4.39 Å². The molecule has 0 saturated heterocycles.